The van der Waals surface area contributed by atoms with Gasteiger partial charge < -0.3 is 14.9 Å². The summed E-state index contributed by atoms with van der Waals surface area (Å²) in [5, 5.41) is 23.0. The molecule has 26 heavy (non-hydrogen) atoms. The molecule has 0 bridgehead atoms. The van der Waals surface area contributed by atoms with E-state index in [1.165, 1.54) is 24.8 Å². The summed E-state index contributed by atoms with van der Waals surface area (Å²) in [4.78, 5) is 2.49. The predicted molar refractivity (Wildman–Crippen MR) is 102 cm³/mol. The lowest BCUT2D eigenvalue weighted by atomic mass is 9.62. The Morgan fingerprint density at radius 3 is 2.42 bits per heavy atom. The van der Waals surface area contributed by atoms with E-state index in [1.807, 2.05) is 12.1 Å². The van der Waals surface area contributed by atoms with E-state index >= 15 is 0 Å². The lowest BCUT2D eigenvalue weighted by molar-refractivity contribution is -0.236. The van der Waals surface area contributed by atoms with E-state index in [0.717, 1.165) is 50.4 Å². The van der Waals surface area contributed by atoms with Crippen LogP contribution in [0.3, 0.4) is 0 Å². The molecule has 1 saturated heterocycles. The van der Waals surface area contributed by atoms with Gasteiger partial charge in [0, 0.05) is 19.1 Å². The molecule has 3 aliphatic rings. The first-order valence-electron chi connectivity index (χ1n) is 10.4. The second-order valence-electron chi connectivity index (χ2n) is 8.77. The first kappa shape index (κ1) is 18.3. The summed E-state index contributed by atoms with van der Waals surface area (Å²) in [5.41, 5.74) is -0.705. The maximum atomic E-state index is 11.7. The predicted octanol–water partition coefficient (Wildman–Crippen LogP) is 3.15. The molecule has 2 N–H and O–H groups in total. The summed E-state index contributed by atoms with van der Waals surface area (Å²) < 4.78 is 5.28. The smallest absolute Gasteiger partial charge is 0.118 e. The van der Waals surface area contributed by atoms with Crippen molar-refractivity contribution in [1.82, 2.24) is 4.90 Å². The Labute approximate surface area is 157 Å². The number of benzene rings is 1. The molecule has 1 aromatic carbocycles. The van der Waals surface area contributed by atoms with Gasteiger partial charge in [-0.25, -0.2) is 0 Å². The van der Waals surface area contributed by atoms with Crippen LogP contribution < -0.4 is 4.74 Å². The second kappa shape index (κ2) is 7.14. The molecule has 2 aliphatic carbocycles. The number of rotatable bonds is 5. The number of aliphatic hydroxyl groups is 2. The highest BCUT2D eigenvalue weighted by Gasteiger charge is 2.59. The van der Waals surface area contributed by atoms with E-state index in [1.54, 1.807) is 7.11 Å². The average molecular weight is 360 g/mol. The lowest BCUT2D eigenvalue weighted by Crippen LogP contribution is -2.72. The quantitative estimate of drug-likeness (QED) is 0.848. The summed E-state index contributed by atoms with van der Waals surface area (Å²) in [6.07, 6.45) is 8.95. The van der Waals surface area contributed by atoms with Gasteiger partial charge in [-0.1, -0.05) is 31.4 Å². The Morgan fingerprint density at radius 2 is 1.77 bits per heavy atom. The zero-order valence-electron chi connectivity index (χ0n) is 16.0. The molecule has 4 rings (SSSR count). The first-order valence-corrected chi connectivity index (χ1v) is 10.4. The molecule has 4 heteroatoms. The highest BCUT2D eigenvalue weighted by Crippen LogP contribution is 2.47. The van der Waals surface area contributed by atoms with Crippen LogP contribution in [-0.4, -0.2) is 52.6 Å². The van der Waals surface area contributed by atoms with Crippen LogP contribution in [0.5, 0.6) is 5.75 Å². The fourth-order valence-electron chi connectivity index (χ4n) is 5.37. The van der Waals surface area contributed by atoms with E-state index in [-0.39, 0.29) is 6.04 Å². The minimum Gasteiger partial charge on any atom is -0.497 e. The summed E-state index contributed by atoms with van der Waals surface area (Å²) >= 11 is 0. The Morgan fingerprint density at radius 1 is 1.04 bits per heavy atom. The van der Waals surface area contributed by atoms with Crippen LogP contribution >= 0.6 is 0 Å². The number of likely N-dealkylation sites (tertiary alicyclic amines) is 1. The molecule has 144 valence electrons. The number of hydrogen-bond acceptors (Lipinski definition) is 4. The SMILES string of the molecule is COc1ccc(C[C@@H]2N(CC3CCC3)CC[C@]3(O)CCCC[C@@]23O)cc1. The van der Waals surface area contributed by atoms with Crippen molar-refractivity contribution in [3.05, 3.63) is 29.8 Å². The van der Waals surface area contributed by atoms with Gasteiger partial charge in [0.15, 0.2) is 0 Å². The third-order valence-corrected chi connectivity index (χ3v) is 7.31. The molecule has 0 spiro atoms. The number of piperidine rings is 1. The molecule has 4 nitrogen and oxygen atoms in total. The van der Waals surface area contributed by atoms with E-state index < -0.39 is 11.2 Å². The number of ether oxygens (including phenoxy) is 1. The first-order chi connectivity index (χ1) is 12.5. The van der Waals surface area contributed by atoms with Gasteiger partial charge in [-0.3, -0.25) is 4.90 Å². The van der Waals surface area contributed by atoms with Crippen LogP contribution in [0.2, 0.25) is 0 Å². The molecule has 1 aliphatic heterocycles. The van der Waals surface area contributed by atoms with Crippen molar-refractivity contribution in [1.29, 1.82) is 0 Å². The van der Waals surface area contributed by atoms with E-state index in [2.05, 4.69) is 17.0 Å². The highest BCUT2D eigenvalue weighted by molar-refractivity contribution is 5.29. The van der Waals surface area contributed by atoms with E-state index in [0.29, 0.717) is 12.8 Å². The van der Waals surface area contributed by atoms with Crippen LogP contribution in [0.4, 0.5) is 0 Å². The minimum absolute atomic E-state index is 0.00413. The van der Waals surface area contributed by atoms with Gasteiger partial charge in [-0.2, -0.15) is 0 Å². The maximum absolute atomic E-state index is 11.7. The molecule has 3 fully saturated rings. The van der Waals surface area contributed by atoms with Gasteiger partial charge in [0.1, 0.15) is 11.4 Å². The van der Waals surface area contributed by atoms with Crippen molar-refractivity contribution in [2.75, 3.05) is 20.2 Å². The Bertz CT molecular complexity index is 614. The third-order valence-electron chi connectivity index (χ3n) is 7.31. The molecule has 0 unspecified atom stereocenters. The van der Waals surface area contributed by atoms with Crippen LogP contribution in [0, 0.1) is 5.92 Å². The molecule has 1 aromatic rings. The number of fused-ring (bicyclic) bond motifs is 1. The monoisotopic (exact) mass is 359 g/mol. The van der Waals surface area contributed by atoms with Crippen LogP contribution in [-0.2, 0) is 6.42 Å². The Hall–Kier alpha value is -1.10. The summed E-state index contributed by atoms with van der Waals surface area (Å²) in [7, 11) is 1.68. The van der Waals surface area contributed by atoms with Crippen molar-refractivity contribution in [3.63, 3.8) is 0 Å². The van der Waals surface area contributed by atoms with Gasteiger partial charge >= 0.3 is 0 Å². The molecule has 0 aromatic heterocycles. The summed E-state index contributed by atoms with van der Waals surface area (Å²) in [5.74, 6) is 1.63. The zero-order chi connectivity index (χ0) is 18.2. The average Bonchev–Trinajstić information content (AvgIpc) is 2.61. The summed E-state index contributed by atoms with van der Waals surface area (Å²) in [6, 6.07) is 8.17. The van der Waals surface area contributed by atoms with Crippen LogP contribution in [0.1, 0.15) is 56.9 Å². The van der Waals surface area contributed by atoms with Gasteiger partial charge in [0.05, 0.1) is 12.7 Å². The number of hydrogen-bond donors (Lipinski definition) is 2. The standard InChI is InChI=1S/C22H33NO3/c1-26-19-9-7-17(8-10-19)15-20-22(25)12-3-2-11-21(22,24)13-14-23(20)16-18-5-4-6-18/h7-10,18,20,24-25H,2-6,11-16H2,1H3/t20-,21+,22+/m0/s1. The topological polar surface area (TPSA) is 52.9 Å². The second-order valence-corrected chi connectivity index (χ2v) is 8.77. The number of nitrogens with zero attached hydrogens (tertiary/aromatic N) is 1. The largest absolute Gasteiger partial charge is 0.497 e. The molecular weight excluding hydrogens is 326 g/mol. The zero-order valence-corrected chi connectivity index (χ0v) is 16.0. The normalized spacial score (nSPS) is 35.6. The molecular formula is C22H33NO3. The Balaban J connectivity index is 1.60. The molecule has 0 radical (unpaired) electrons. The highest BCUT2D eigenvalue weighted by atomic mass is 16.5. The number of methoxy groups -OCH3 is 1. The van der Waals surface area contributed by atoms with Gasteiger partial charge in [0.25, 0.3) is 0 Å². The maximum Gasteiger partial charge on any atom is 0.118 e. The van der Waals surface area contributed by atoms with Crippen molar-refractivity contribution >= 4 is 0 Å². The van der Waals surface area contributed by atoms with E-state index in [4.69, 9.17) is 4.74 Å². The minimum atomic E-state index is -0.993. The van der Waals surface area contributed by atoms with Crippen molar-refractivity contribution in [3.8, 4) is 5.75 Å². The summed E-state index contributed by atoms with van der Waals surface area (Å²) in [6.45, 7) is 1.97. The lowest BCUT2D eigenvalue weighted by Gasteiger charge is -2.58. The molecule has 3 atom stereocenters. The van der Waals surface area contributed by atoms with Gasteiger partial charge in [0.2, 0.25) is 0 Å². The molecule has 0 amide bonds. The fraction of sp³-hybridized carbons (Fsp3) is 0.727. The van der Waals surface area contributed by atoms with Gasteiger partial charge in [-0.15, -0.1) is 0 Å². The van der Waals surface area contributed by atoms with Crippen LogP contribution in [0.15, 0.2) is 24.3 Å². The van der Waals surface area contributed by atoms with E-state index in [9.17, 15) is 10.2 Å². The molecule has 1 heterocycles. The van der Waals surface area contributed by atoms with Crippen molar-refractivity contribution in [2.24, 2.45) is 5.92 Å². The van der Waals surface area contributed by atoms with Crippen molar-refractivity contribution in [2.45, 2.75) is 75.0 Å². The van der Waals surface area contributed by atoms with Crippen LogP contribution in [0.25, 0.3) is 0 Å². The fourth-order valence-corrected chi connectivity index (χ4v) is 5.37. The van der Waals surface area contributed by atoms with Crippen molar-refractivity contribution < 1.29 is 14.9 Å². The van der Waals surface area contributed by atoms with Gasteiger partial charge in [-0.05, 0) is 62.1 Å². The molecule has 2 saturated carbocycles. The third kappa shape index (κ3) is 3.17. The Kier molecular flexibility index (Phi) is 5.02.